The van der Waals surface area contributed by atoms with Gasteiger partial charge in [0, 0.05) is 0 Å². The fourth-order valence-electron chi connectivity index (χ4n) is 1.27. The van der Waals surface area contributed by atoms with Gasteiger partial charge in [-0.15, -0.1) is 0 Å². The van der Waals surface area contributed by atoms with Gasteiger partial charge in [0.05, 0.1) is 0 Å². The van der Waals surface area contributed by atoms with Crippen molar-refractivity contribution >= 4 is 17.1 Å². The van der Waals surface area contributed by atoms with Crippen molar-refractivity contribution < 1.29 is 18.7 Å². The zero-order chi connectivity index (χ0) is 11.9. The number of rotatable bonds is 2. The maximum Gasteiger partial charge on any atom is 0.318 e. The Morgan fingerprint density at radius 1 is 1.50 bits per heavy atom. The number of para-hydroxylation sites is 1. The van der Waals surface area contributed by atoms with E-state index in [4.69, 9.17) is 9.52 Å². The maximum atomic E-state index is 13.3. The van der Waals surface area contributed by atoms with Crippen LogP contribution in [0.15, 0.2) is 22.6 Å². The van der Waals surface area contributed by atoms with Crippen molar-refractivity contribution in [3.8, 4) is 0 Å². The van der Waals surface area contributed by atoms with Crippen molar-refractivity contribution in [1.29, 1.82) is 0 Å². The predicted molar refractivity (Wildman–Crippen MR) is 54.6 cm³/mol. The average molecular weight is 223 g/mol. The molecule has 1 aromatic heterocycles. The van der Waals surface area contributed by atoms with Gasteiger partial charge in [0.15, 0.2) is 11.4 Å². The first kappa shape index (κ1) is 10.6. The van der Waals surface area contributed by atoms with Gasteiger partial charge >= 0.3 is 5.97 Å². The number of aromatic nitrogens is 1. The molecular weight excluding hydrogens is 213 g/mol. The lowest BCUT2D eigenvalue weighted by Gasteiger charge is -2.13. The van der Waals surface area contributed by atoms with E-state index in [1.807, 2.05) is 0 Å². The van der Waals surface area contributed by atoms with Crippen LogP contribution in [0.1, 0.15) is 19.7 Å². The Bertz CT molecular complexity index is 559. The molecule has 84 valence electrons. The Kier molecular flexibility index (Phi) is 2.18. The molecular formula is C11H10FNO3. The molecule has 0 aliphatic rings. The summed E-state index contributed by atoms with van der Waals surface area (Å²) in [6.45, 7) is 2.91. The summed E-state index contributed by atoms with van der Waals surface area (Å²) in [6, 6.07) is 4.31. The highest BCUT2D eigenvalue weighted by Crippen LogP contribution is 2.27. The van der Waals surface area contributed by atoms with E-state index in [0.717, 1.165) is 0 Å². The topological polar surface area (TPSA) is 63.3 Å². The Hall–Kier alpha value is -1.91. The van der Waals surface area contributed by atoms with E-state index in [1.165, 1.54) is 26.0 Å². The lowest BCUT2D eigenvalue weighted by atomic mass is 9.94. The summed E-state index contributed by atoms with van der Waals surface area (Å²) in [6.07, 6.45) is 0. The molecule has 0 unspecified atom stereocenters. The number of carboxylic acid groups (broad SMARTS) is 1. The maximum absolute atomic E-state index is 13.3. The third-order valence-corrected chi connectivity index (χ3v) is 2.44. The van der Waals surface area contributed by atoms with E-state index >= 15 is 0 Å². The lowest BCUT2D eigenvalue weighted by molar-refractivity contribution is -0.143. The molecule has 0 aliphatic heterocycles. The number of carboxylic acids is 1. The fraction of sp³-hybridized carbons (Fsp3) is 0.273. The van der Waals surface area contributed by atoms with E-state index < -0.39 is 17.2 Å². The molecule has 0 saturated carbocycles. The van der Waals surface area contributed by atoms with Gasteiger partial charge in [0.2, 0.25) is 5.89 Å². The second-order valence-corrected chi connectivity index (χ2v) is 4.04. The van der Waals surface area contributed by atoms with Gasteiger partial charge in [-0.1, -0.05) is 6.07 Å². The highest BCUT2D eigenvalue weighted by atomic mass is 19.1. The molecule has 0 aliphatic carbocycles. The average Bonchev–Trinajstić information content (AvgIpc) is 2.63. The van der Waals surface area contributed by atoms with Gasteiger partial charge < -0.3 is 9.52 Å². The molecule has 16 heavy (non-hydrogen) atoms. The van der Waals surface area contributed by atoms with Crippen LogP contribution in [0, 0.1) is 5.82 Å². The number of carbonyl (C=O) groups is 1. The van der Waals surface area contributed by atoms with Crippen LogP contribution in [0.4, 0.5) is 4.39 Å². The van der Waals surface area contributed by atoms with Crippen molar-refractivity contribution in [2.75, 3.05) is 0 Å². The highest BCUT2D eigenvalue weighted by molar-refractivity contribution is 5.81. The summed E-state index contributed by atoms with van der Waals surface area (Å²) in [5.74, 6) is -1.61. The number of hydrogen-bond donors (Lipinski definition) is 1. The first-order valence-electron chi connectivity index (χ1n) is 4.72. The molecule has 1 N–H and O–H groups in total. The minimum atomic E-state index is -1.27. The molecule has 0 bridgehead atoms. The summed E-state index contributed by atoms with van der Waals surface area (Å²) in [7, 11) is 0. The third kappa shape index (κ3) is 1.44. The minimum absolute atomic E-state index is 0.0000926. The summed E-state index contributed by atoms with van der Waals surface area (Å²) in [5, 5.41) is 9.00. The van der Waals surface area contributed by atoms with Crippen molar-refractivity contribution in [3.63, 3.8) is 0 Å². The Labute approximate surface area is 90.7 Å². The number of halogens is 1. The van der Waals surface area contributed by atoms with Crippen molar-refractivity contribution in [3.05, 3.63) is 29.9 Å². The van der Waals surface area contributed by atoms with Crippen molar-refractivity contribution in [2.45, 2.75) is 19.3 Å². The van der Waals surface area contributed by atoms with Gasteiger partial charge in [-0.05, 0) is 26.0 Å². The summed E-state index contributed by atoms with van der Waals surface area (Å²) in [5.41, 5.74) is -0.956. The van der Waals surface area contributed by atoms with E-state index in [1.54, 1.807) is 6.07 Å². The van der Waals surface area contributed by atoms with Crippen molar-refractivity contribution in [1.82, 2.24) is 4.98 Å². The zero-order valence-corrected chi connectivity index (χ0v) is 8.82. The first-order chi connectivity index (χ1) is 7.43. The van der Waals surface area contributed by atoms with Gasteiger partial charge in [-0.3, -0.25) is 4.79 Å². The van der Waals surface area contributed by atoms with Crippen LogP contribution in [-0.2, 0) is 10.2 Å². The number of fused-ring (bicyclic) bond motifs is 1. The normalized spacial score (nSPS) is 11.9. The van der Waals surface area contributed by atoms with Gasteiger partial charge in [0.25, 0.3) is 0 Å². The fourth-order valence-corrected chi connectivity index (χ4v) is 1.27. The van der Waals surface area contributed by atoms with E-state index in [9.17, 15) is 9.18 Å². The Balaban J connectivity index is 2.64. The number of oxazole rings is 1. The van der Waals surface area contributed by atoms with Crippen LogP contribution >= 0.6 is 0 Å². The lowest BCUT2D eigenvalue weighted by Crippen LogP contribution is -2.28. The zero-order valence-electron chi connectivity index (χ0n) is 8.82. The van der Waals surface area contributed by atoms with E-state index in [2.05, 4.69) is 4.98 Å². The van der Waals surface area contributed by atoms with Crippen LogP contribution in [0.2, 0.25) is 0 Å². The predicted octanol–water partition coefficient (Wildman–Crippen LogP) is 2.33. The van der Waals surface area contributed by atoms with Gasteiger partial charge in [0.1, 0.15) is 10.9 Å². The molecule has 0 amide bonds. The Morgan fingerprint density at radius 3 is 2.75 bits per heavy atom. The first-order valence-corrected chi connectivity index (χ1v) is 4.72. The molecule has 0 radical (unpaired) electrons. The molecule has 2 aromatic rings. The van der Waals surface area contributed by atoms with Gasteiger partial charge in [-0.25, -0.2) is 9.37 Å². The van der Waals surface area contributed by atoms with Crippen LogP contribution in [0.3, 0.4) is 0 Å². The van der Waals surface area contributed by atoms with Crippen LogP contribution in [0.25, 0.3) is 11.1 Å². The highest BCUT2D eigenvalue weighted by Gasteiger charge is 2.35. The molecule has 2 rings (SSSR count). The standard InChI is InChI=1S/C11H10FNO3/c1-11(2,10(14)15)9-13-7-5-3-4-6(12)8(7)16-9/h3-5H,1-2H3,(H,14,15). The second kappa shape index (κ2) is 3.30. The summed E-state index contributed by atoms with van der Waals surface area (Å²) >= 11 is 0. The number of aliphatic carboxylic acids is 1. The number of benzene rings is 1. The molecule has 4 nitrogen and oxygen atoms in total. The molecule has 1 aromatic carbocycles. The minimum Gasteiger partial charge on any atom is -0.480 e. The molecule has 0 fully saturated rings. The van der Waals surface area contributed by atoms with Crippen LogP contribution in [0.5, 0.6) is 0 Å². The monoisotopic (exact) mass is 223 g/mol. The molecule has 0 spiro atoms. The molecule has 0 atom stereocenters. The summed E-state index contributed by atoms with van der Waals surface area (Å²) in [4.78, 5) is 15.0. The molecule has 5 heteroatoms. The number of hydrogen-bond acceptors (Lipinski definition) is 3. The SMILES string of the molecule is CC(C)(C(=O)O)c1nc2cccc(F)c2o1. The number of nitrogens with zero attached hydrogens (tertiary/aromatic N) is 1. The Morgan fingerprint density at radius 2 is 2.19 bits per heavy atom. The van der Waals surface area contributed by atoms with Crippen molar-refractivity contribution in [2.24, 2.45) is 0 Å². The summed E-state index contributed by atoms with van der Waals surface area (Å²) < 4.78 is 18.5. The van der Waals surface area contributed by atoms with Crippen LogP contribution in [-0.4, -0.2) is 16.1 Å². The molecule has 0 saturated heterocycles. The van der Waals surface area contributed by atoms with E-state index in [-0.39, 0.29) is 11.5 Å². The van der Waals surface area contributed by atoms with E-state index in [0.29, 0.717) is 5.52 Å². The molecule has 1 heterocycles. The smallest absolute Gasteiger partial charge is 0.318 e. The van der Waals surface area contributed by atoms with Gasteiger partial charge in [-0.2, -0.15) is 0 Å². The van der Waals surface area contributed by atoms with Crippen LogP contribution < -0.4 is 0 Å². The largest absolute Gasteiger partial charge is 0.480 e. The quantitative estimate of drug-likeness (QED) is 0.848. The third-order valence-electron chi connectivity index (χ3n) is 2.44. The second-order valence-electron chi connectivity index (χ2n) is 4.04.